The molecular formula is C48H40IrN2Te-2. The molecule has 2 nitrogen and oxygen atoms in total. The zero-order chi connectivity index (χ0) is 35.2. The van der Waals surface area contributed by atoms with E-state index in [2.05, 4.69) is 142 Å². The first-order valence-corrected chi connectivity index (χ1v) is 19.9. The normalized spacial score (nSPS) is 10.9. The molecule has 52 heavy (non-hydrogen) atoms. The Morgan fingerprint density at radius 1 is 0.538 bits per heavy atom. The van der Waals surface area contributed by atoms with E-state index < -0.39 is 20.4 Å². The Labute approximate surface area is 331 Å². The predicted molar refractivity (Wildman–Crippen MR) is 216 cm³/mol. The van der Waals surface area contributed by atoms with Crippen LogP contribution in [0.4, 0.5) is 0 Å². The maximum absolute atomic E-state index is 5.10. The number of benzene rings is 6. The summed E-state index contributed by atoms with van der Waals surface area (Å²) < 4.78 is 2.69. The molecule has 0 saturated heterocycles. The summed E-state index contributed by atoms with van der Waals surface area (Å²) in [6.07, 6.45) is 1.79. The van der Waals surface area contributed by atoms with Crippen molar-refractivity contribution in [1.82, 2.24) is 9.97 Å². The number of fused-ring (bicyclic) bond motifs is 1. The average molecular weight is 965 g/mol. The Morgan fingerprint density at radius 3 is 1.69 bits per heavy atom. The van der Waals surface area contributed by atoms with Crippen molar-refractivity contribution in [3.05, 3.63) is 181 Å². The third-order valence-corrected chi connectivity index (χ3v) is 12.3. The van der Waals surface area contributed by atoms with E-state index in [1.807, 2.05) is 54.6 Å². The monoisotopic (exact) mass is 967 g/mol. The molecule has 0 spiro atoms. The summed E-state index contributed by atoms with van der Waals surface area (Å²) in [7, 11) is 0. The molecule has 0 aliphatic rings. The molecule has 4 heteroatoms. The number of hydrogen-bond donors (Lipinski definition) is 0. The third-order valence-electron chi connectivity index (χ3n) is 9.04. The fourth-order valence-corrected chi connectivity index (χ4v) is 9.49. The second-order valence-corrected chi connectivity index (χ2v) is 16.1. The van der Waals surface area contributed by atoms with Crippen LogP contribution in [0.15, 0.2) is 158 Å². The van der Waals surface area contributed by atoms with Crippen molar-refractivity contribution < 1.29 is 20.1 Å². The Kier molecular flexibility index (Phi) is 12.5. The van der Waals surface area contributed by atoms with E-state index in [0.29, 0.717) is 11.8 Å². The molecule has 0 saturated carbocycles. The van der Waals surface area contributed by atoms with Crippen LogP contribution in [-0.2, 0) is 20.1 Å². The largest absolute Gasteiger partial charge is 0.305 e. The van der Waals surface area contributed by atoms with Gasteiger partial charge in [0.15, 0.2) is 0 Å². The van der Waals surface area contributed by atoms with Gasteiger partial charge in [-0.1, -0.05) is 30.3 Å². The quantitative estimate of drug-likeness (QED) is 0.117. The first kappa shape index (κ1) is 37.3. The first-order chi connectivity index (χ1) is 25.0. The van der Waals surface area contributed by atoms with E-state index in [4.69, 9.17) is 4.98 Å². The van der Waals surface area contributed by atoms with Crippen LogP contribution in [0.1, 0.15) is 50.7 Å². The van der Waals surface area contributed by atoms with Gasteiger partial charge >= 0.3 is 225 Å². The molecule has 0 aliphatic carbocycles. The van der Waals surface area contributed by atoms with Gasteiger partial charge in [-0.05, 0) is 11.8 Å². The number of hydrogen-bond acceptors (Lipinski definition) is 2. The van der Waals surface area contributed by atoms with Crippen LogP contribution in [-0.4, -0.2) is 30.4 Å². The second kappa shape index (κ2) is 17.4. The number of rotatable bonds is 7. The number of nitrogens with zero attached hydrogens (tertiary/aromatic N) is 2. The molecule has 8 aromatic rings. The Hall–Kier alpha value is -4.42. The van der Waals surface area contributed by atoms with Gasteiger partial charge in [-0.3, -0.25) is 0 Å². The minimum Gasteiger partial charge on any atom is -0.305 e. The van der Waals surface area contributed by atoms with Gasteiger partial charge < -0.3 is 4.98 Å². The van der Waals surface area contributed by atoms with Crippen LogP contribution in [0.25, 0.3) is 62.8 Å². The standard InChI is InChI=1S/C37H32NTe.C11H8N.Ir/c1-24(2)32-22-30(28-20-18-27(19-21-28)26-12-7-5-8-13-26)23-33(25(3)4)35(32)31-16-11-17-34-36(31)39-37(38-34)29-14-9-6-10-15-29;1-2-6-10(7-3-1)11-8-4-5-9-12-11;/h5-14,16-25H,1-4H3;1-6,8-9H;/q2*-1;. The first-order valence-electron chi connectivity index (χ1n) is 17.5. The minimum absolute atomic E-state index is 0. The molecule has 0 atom stereocenters. The van der Waals surface area contributed by atoms with Crippen LogP contribution in [0.3, 0.4) is 0 Å². The van der Waals surface area contributed by atoms with Crippen molar-refractivity contribution in [2.24, 2.45) is 0 Å². The fraction of sp³-hybridized carbons (Fsp3) is 0.125. The third kappa shape index (κ3) is 8.44. The Balaban J connectivity index is 0.000000302. The molecule has 2 aromatic heterocycles. The maximum atomic E-state index is 5.10. The zero-order valence-electron chi connectivity index (χ0n) is 29.8. The summed E-state index contributed by atoms with van der Waals surface area (Å²) in [5.41, 5.74) is 15.0. The van der Waals surface area contributed by atoms with Gasteiger partial charge in [-0.15, -0.1) is 35.9 Å². The summed E-state index contributed by atoms with van der Waals surface area (Å²) in [5.74, 6) is 0.809. The average Bonchev–Trinajstić information content (AvgIpc) is 3.64. The molecule has 0 amide bonds. The molecular weight excluding hydrogens is 924 g/mol. The zero-order valence-corrected chi connectivity index (χ0v) is 34.5. The van der Waals surface area contributed by atoms with Gasteiger partial charge in [0.1, 0.15) is 0 Å². The van der Waals surface area contributed by atoms with Gasteiger partial charge in [0.25, 0.3) is 0 Å². The molecule has 0 aliphatic heterocycles. The SMILES string of the molecule is CC(C)c1cc(-c2ccc(-c3ccccc3)cc2)cc(C(C)C)c1-c1cccc2nc(-c3[c-]cccc3)[te]c12.[Ir].[c-]1ccccc1-c1ccccn1. The van der Waals surface area contributed by atoms with Gasteiger partial charge in [0.2, 0.25) is 0 Å². The van der Waals surface area contributed by atoms with E-state index in [1.54, 1.807) is 6.20 Å². The molecule has 8 rings (SSSR count). The maximum Gasteiger partial charge on any atom is 0.0160 e. The molecule has 1 radical (unpaired) electrons. The number of aromatic nitrogens is 2. The Bertz CT molecular complexity index is 2270. The van der Waals surface area contributed by atoms with E-state index >= 15 is 0 Å². The predicted octanol–water partition coefficient (Wildman–Crippen LogP) is 12.6. The van der Waals surface area contributed by atoms with E-state index in [9.17, 15) is 0 Å². The van der Waals surface area contributed by atoms with Crippen molar-refractivity contribution in [1.29, 1.82) is 0 Å². The van der Waals surface area contributed by atoms with Gasteiger partial charge in [0.05, 0.1) is 0 Å². The van der Waals surface area contributed by atoms with Crippen LogP contribution < -0.4 is 0 Å². The molecule has 6 aromatic carbocycles. The summed E-state index contributed by atoms with van der Waals surface area (Å²) in [6.45, 7) is 9.30. The van der Waals surface area contributed by atoms with Crippen molar-refractivity contribution in [3.8, 4) is 53.9 Å². The second-order valence-electron chi connectivity index (χ2n) is 13.2. The molecule has 0 N–H and O–H groups in total. The summed E-state index contributed by atoms with van der Waals surface area (Å²) >= 11 is -0.619. The van der Waals surface area contributed by atoms with Crippen molar-refractivity contribution in [3.63, 3.8) is 0 Å². The fourth-order valence-electron chi connectivity index (χ4n) is 6.42. The summed E-state index contributed by atoms with van der Waals surface area (Å²) in [5, 5.41) is 0. The smallest absolute Gasteiger partial charge is 0.0160 e. The molecule has 0 unspecified atom stereocenters. The summed E-state index contributed by atoms with van der Waals surface area (Å²) in [6, 6.07) is 59.7. The van der Waals surface area contributed by atoms with Gasteiger partial charge in [-0.2, -0.15) is 0 Å². The van der Waals surface area contributed by atoms with Gasteiger partial charge in [0, 0.05) is 26.3 Å². The van der Waals surface area contributed by atoms with Crippen LogP contribution in [0, 0.1) is 12.1 Å². The van der Waals surface area contributed by atoms with Crippen molar-refractivity contribution >= 4 is 29.3 Å². The van der Waals surface area contributed by atoms with E-state index in [1.165, 1.54) is 51.6 Å². The van der Waals surface area contributed by atoms with Crippen molar-refractivity contribution in [2.75, 3.05) is 0 Å². The van der Waals surface area contributed by atoms with E-state index in [-0.39, 0.29) is 20.1 Å². The van der Waals surface area contributed by atoms with Crippen LogP contribution in [0.2, 0.25) is 0 Å². The van der Waals surface area contributed by atoms with Crippen LogP contribution >= 0.6 is 0 Å². The minimum atomic E-state index is -0.619. The molecule has 259 valence electrons. The van der Waals surface area contributed by atoms with Gasteiger partial charge in [-0.25, -0.2) is 0 Å². The number of pyridine rings is 1. The van der Waals surface area contributed by atoms with Crippen LogP contribution in [0.5, 0.6) is 0 Å². The molecule has 2 heterocycles. The summed E-state index contributed by atoms with van der Waals surface area (Å²) in [4.78, 5) is 9.32. The van der Waals surface area contributed by atoms with Crippen molar-refractivity contribution in [2.45, 2.75) is 39.5 Å². The molecule has 0 bridgehead atoms. The van der Waals surface area contributed by atoms with E-state index in [0.717, 1.165) is 22.3 Å². The molecule has 0 fully saturated rings. The topological polar surface area (TPSA) is 25.8 Å². The Morgan fingerprint density at radius 2 is 1.12 bits per heavy atom.